The summed E-state index contributed by atoms with van der Waals surface area (Å²) in [6.45, 7) is 0.864. The van der Waals surface area contributed by atoms with E-state index in [9.17, 15) is 26.7 Å². The van der Waals surface area contributed by atoms with E-state index in [-0.39, 0.29) is 15.0 Å². The van der Waals surface area contributed by atoms with Crippen LogP contribution in [0.5, 0.6) is 0 Å². The monoisotopic (exact) mass is 361 g/mol. The molecule has 0 aliphatic carbocycles. The highest BCUT2D eigenvalue weighted by Gasteiger charge is 2.78. The predicted molar refractivity (Wildman–Crippen MR) is 77.5 cm³/mol. The van der Waals surface area contributed by atoms with Gasteiger partial charge in [0.2, 0.25) is 10.0 Å². The Morgan fingerprint density at radius 2 is 1.88 bits per heavy atom. The number of hydrogen-bond acceptors (Lipinski definition) is 4. The molecule has 1 aliphatic heterocycles. The van der Waals surface area contributed by atoms with Crippen molar-refractivity contribution in [2.75, 3.05) is 6.54 Å². The minimum atomic E-state index is -4.96. The number of aliphatic hydroxyl groups excluding tert-OH is 1. The molecule has 24 heavy (non-hydrogen) atoms. The first-order valence-corrected chi connectivity index (χ1v) is 8.42. The van der Waals surface area contributed by atoms with E-state index in [1.54, 1.807) is 6.92 Å². The van der Waals surface area contributed by atoms with Crippen LogP contribution in [0.25, 0.3) is 0 Å². The molecule has 0 radical (unpaired) electrons. The van der Waals surface area contributed by atoms with Gasteiger partial charge in [-0.3, -0.25) is 0 Å². The first-order valence-electron chi connectivity index (χ1n) is 6.98. The number of alkyl halides is 3. The summed E-state index contributed by atoms with van der Waals surface area (Å²) in [6, 6.07) is 7.97. The van der Waals surface area contributed by atoms with Gasteiger partial charge in [-0.25, -0.2) is 8.42 Å². The Kier molecular flexibility index (Phi) is 3.78. The molecule has 130 valence electrons. The summed E-state index contributed by atoms with van der Waals surface area (Å²) in [6.07, 6.45) is -5.99. The number of benzene rings is 1. The summed E-state index contributed by atoms with van der Waals surface area (Å²) in [5, 5.41) is 10.1. The van der Waals surface area contributed by atoms with Crippen LogP contribution in [0, 0.1) is 6.92 Å². The average Bonchev–Trinajstić information content (AvgIpc) is 3.08. The smallest absolute Gasteiger partial charge is 0.412 e. The van der Waals surface area contributed by atoms with Gasteiger partial charge in [0, 0.05) is 6.54 Å². The first-order chi connectivity index (χ1) is 11.1. The van der Waals surface area contributed by atoms with E-state index in [1.165, 1.54) is 36.4 Å². The Morgan fingerprint density at radius 3 is 2.38 bits per heavy atom. The van der Waals surface area contributed by atoms with Gasteiger partial charge in [0.1, 0.15) is 11.9 Å². The van der Waals surface area contributed by atoms with Crippen molar-refractivity contribution in [2.24, 2.45) is 0 Å². The number of sulfonamides is 1. The molecule has 9 heteroatoms. The Labute approximate surface area is 136 Å². The molecule has 1 fully saturated rings. The number of hydrogen-bond donors (Lipinski definition) is 1. The van der Waals surface area contributed by atoms with Crippen molar-refractivity contribution in [3.05, 3.63) is 54.0 Å². The molecule has 2 aromatic rings. The summed E-state index contributed by atoms with van der Waals surface area (Å²) in [5.41, 5.74) is -2.15. The van der Waals surface area contributed by atoms with Crippen LogP contribution in [0.15, 0.2) is 52.0 Å². The third kappa shape index (κ3) is 2.43. The fraction of sp³-hybridized carbons (Fsp3) is 0.333. The number of aliphatic hydroxyl groups is 1. The standard InChI is InChI=1S/C15H14F3NO4S/c1-10-4-6-11(7-5-10)24(21,22)19-9-14(19,15(16,17)18)13(20)12-3-2-8-23-12/h2-8,13,20H,9H2,1H3. The lowest BCUT2D eigenvalue weighted by molar-refractivity contribution is -0.192. The highest BCUT2D eigenvalue weighted by Crippen LogP contribution is 2.56. The zero-order valence-corrected chi connectivity index (χ0v) is 13.3. The zero-order chi connectivity index (χ0) is 17.8. The van der Waals surface area contributed by atoms with Crippen LogP contribution >= 0.6 is 0 Å². The third-order valence-electron chi connectivity index (χ3n) is 4.09. The summed E-state index contributed by atoms with van der Waals surface area (Å²) in [4.78, 5) is -0.258. The van der Waals surface area contributed by atoms with E-state index in [4.69, 9.17) is 4.42 Å². The van der Waals surface area contributed by atoms with Gasteiger partial charge < -0.3 is 9.52 Å². The van der Waals surface area contributed by atoms with Crippen LogP contribution in [0.3, 0.4) is 0 Å². The second-order valence-corrected chi connectivity index (χ2v) is 7.53. The van der Waals surface area contributed by atoms with E-state index in [1.807, 2.05) is 0 Å². The molecule has 3 atom stereocenters. The highest BCUT2D eigenvalue weighted by molar-refractivity contribution is 7.89. The zero-order valence-electron chi connectivity index (χ0n) is 12.5. The van der Waals surface area contributed by atoms with E-state index in [0.29, 0.717) is 0 Å². The predicted octanol–water partition coefficient (Wildman–Crippen LogP) is 2.63. The molecule has 1 N–H and O–H groups in total. The van der Waals surface area contributed by atoms with Crippen molar-refractivity contribution < 1.29 is 31.1 Å². The molecule has 1 aromatic heterocycles. The summed E-state index contributed by atoms with van der Waals surface area (Å²) in [7, 11) is -4.40. The molecule has 5 nitrogen and oxygen atoms in total. The molecular weight excluding hydrogens is 347 g/mol. The average molecular weight is 361 g/mol. The normalized spacial score (nSPS) is 25.5. The highest BCUT2D eigenvalue weighted by atomic mass is 32.2. The van der Waals surface area contributed by atoms with Crippen LogP contribution in [-0.4, -0.2) is 36.1 Å². The molecule has 0 spiro atoms. The molecule has 3 unspecified atom stereocenters. The first kappa shape index (κ1) is 17.0. The fourth-order valence-electron chi connectivity index (χ4n) is 2.61. The number of aryl methyl sites for hydroxylation is 1. The molecule has 1 aliphatic rings. The maximum absolute atomic E-state index is 13.6. The summed E-state index contributed by atoms with van der Waals surface area (Å²) >= 11 is 0. The van der Waals surface area contributed by atoms with Crippen molar-refractivity contribution >= 4 is 10.0 Å². The summed E-state index contributed by atoms with van der Waals surface area (Å²) < 4.78 is 70.9. The van der Waals surface area contributed by atoms with Crippen molar-refractivity contribution in [1.29, 1.82) is 0 Å². The van der Waals surface area contributed by atoms with Gasteiger partial charge in [-0.15, -0.1) is 0 Å². The van der Waals surface area contributed by atoms with Gasteiger partial charge in [-0.05, 0) is 31.2 Å². The van der Waals surface area contributed by atoms with Crippen molar-refractivity contribution in [2.45, 2.75) is 29.6 Å². The Balaban J connectivity index is 2.02. The molecule has 1 aromatic carbocycles. The van der Waals surface area contributed by atoms with Gasteiger partial charge in [0.15, 0.2) is 5.54 Å². The van der Waals surface area contributed by atoms with Gasteiger partial charge in [0.25, 0.3) is 0 Å². The quantitative estimate of drug-likeness (QED) is 0.850. The number of rotatable bonds is 4. The number of furan rings is 1. The molecular formula is C15H14F3NO4S. The van der Waals surface area contributed by atoms with Crippen molar-refractivity contribution in [3.63, 3.8) is 0 Å². The van der Waals surface area contributed by atoms with Crippen LogP contribution in [0.4, 0.5) is 13.2 Å². The lowest BCUT2D eigenvalue weighted by Crippen LogP contribution is -2.43. The second kappa shape index (κ2) is 5.33. The molecule has 3 rings (SSSR count). The minimum absolute atomic E-state index is 0.258. The molecule has 0 amide bonds. The van der Waals surface area contributed by atoms with E-state index < -0.39 is 34.4 Å². The largest absolute Gasteiger partial charge is 0.467 e. The van der Waals surface area contributed by atoms with Gasteiger partial charge in [0.05, 0.1) is 11.2 Å². The topological polar surface area (TPSA) is 70.5 Å². The Bertz CT molecular complexity index is 831. The fourth-order valence-corrected chi connectivity index (χ4v) is 4.35. The van der Waals surface area contributed by atoms with Crippen LogP contribution in [0.1, 0.15) is 17.4 Å². The second-order valence-electron chi connectivity index (χ2n) is 5.66. The molecule has 2 heterocycles. The lowest BCUT2D eigenvalue weighted by atomic mass is 10.00. The maximum atomic E-state index is 13.6. The number of halogens is 3. The van der Waals surface area contributed by atoms with Gasteiger partial charge in [-0.1, -0.05) is 17.7 Å². The number of nitrogens with zero attached hydrogens (tertiary/aromatic N) is 1. The molecule has 0 saturated carbocycles. The van der Waals surface area contributed by atoms with E-state index in [0.717, 1.165) is 11.8 Å². The SMILES string of the molecule is Cc1ccc(S(=O)(=O)N2CC2(C(O)c2ccco2)C(F)(F)F)cc1. The summed E-state index contributed by atoms with van der Waals surface area (Å²) in [5.74, 6) is -0.339. The van der Waals surface area contributed by atoms with Gasteiger partial charge >= 0.3 is 6.18 Å². The lowest BCUT2D eigenvalue weighted by Gasteiger charge is -2.24. The molecule has 0 bridgehead atoms. The van der Waals surface area contributed by atoms with E-state index in [2.05, 4.69) is 0 Å². The van der Waals surface area contributed by atoms with Crippen molar-refractivity contribution in [1.82, 2.24) is 4.31 Å². The van der Waals surface area contributed by atoms with Crippen molar-refractivity contribution in [3.8, 4) is 0 Å². The molecule has 1 saturated heterocycles. The van der Waals surface area contributed by atoms with Crippen LogP contribution < -0.4 is 0 Å². The Hall–Kier alpha value is -1.84. The Morgan fingerprint density at radius 1 is 1.25 bits per heavy atom. The van der Waals surface area contributed by atoms with Crippen LogP contribution in [-0.2, 0) is 10.0 Å². The van der Waals surface area contributed by atoms with Gasteiger partial charge in [-0.2, -0.15) is 17.5 Å². The minimum Gasteiger partial charge on any atom is -0.467 e. The maximum Gasteiger partial charge on any atom is 0.412 e. The third-order valence-corrected chi connectivity index (χ3v) is 5.99. The van der Waals surface area contributed by atoms with E-state index >= 15 is 0 Å². The van der Waals surface area contributed by atoms with Crippen LogP contribution in [0.2, 0.25) is 0 Å².